The summed E-state index contributed by atoms with van der Waals surface area (Å²) < 4.78 is 16.5. The quantitative estimate of drug-likeness (QED) is 0.795. The highest BCUT2D eigenvalue weighted by molar-refractivity contribution is 5.43. The van der Waals surface area contributed by atoms with E-state index in [0.717, 1.165) is 11.3 Å². The fourth-order valence-electron chi connectivity index (χ4n) is 1.89. The van der Waals surface area contributed by atoms with Gasteiger partial charge in [0.1, 0.15) is 19.0 Å². The Bertz CT molecular complexity index is 552. The highest BCUT2D eigenvalue weighted by atomic mass is 16.5. The van der Waals surface area contributed by atoms with Crippen LogP contribution in [0, 0.1) is 0 Å². The third-order valence-electron chi connectivity index (χ3n) is 3.02. The van der Waals surface area contributed by atoms with Crippen LogP contribution in [0.4, 0.5) is 0 Å². The molecule has 0 aliphatic carbocycles. The molecular weight excluding hydrogens is 268 g/mol. The van der Waals surface area contributed by atoms with Gasteiger partial charge < -0.3 is 19.3 Å². The van der Waals surface area contributed by atoms with Crippen molar-refractivity contribution in [3.8, 4) is 17.2 Å². The first kappa shape index (κ1) is 15.2. The smallest absolute Gasteiger partial charge is 0.161 e. The first-order valence-corrected chi connectivity index (χ1v) is 6.87. The second-order valence-corrected chi connectivity index (χ2v) is 4.60. The van der Waals surface area contributed by atoms with Crippen LogP contribution in [0.5, 0.6) is 17.2 Å². The van der Waals surface area contributed by atoms with E-state index in [-0.39, 0.29) is 0 Å². The van der Waals surface area contributed by atoms with Gasteiger partial charge in [-0.15, -0.1) is 0 Å². The first-order chi connectivity index (χ1) is 10.2. The van der Waals surface area contributed by atoms with Crippen LogP contribution in [-0.4, -0.2) is 25.4 Å². The van der Waals surface area contributed by atoms with Crippen molar-refractivity contribution in [3.05, 3.63) is 54.1 Å². The normalized spacial score (nSPS) is 11.8. The van der Waals surface area contributed by atoms with Crippen LogP contribution in [0.3, 0.4) is 0 Å². The van der Waals surface area contributed by atoms with E-state index >= 15 is 0 Å². The predicted molar refractivity (Wildman–Crippen MR) is 81.1 cm³/mol. The maximum Gasteiger partial charge on any atom is 0.161 e. The van der Waals surface area contributed by atoms with Gasteiger partial charge in [-0.05, 0) is 36.8 Å². The zero-order valence-electron chi connectivity index (χ0n) is 12.3. The number of benzene rings is 2. The predicted octanol–water partition coefficient (Wildman–Crippen LogP) is 3.21. The molecule has 112 valence electrons. The van der Waals surface area contributed by atoms with Crippen molar-refractivity contribution in [3.63, 3.8) is 0 Å². The molecule has 2 aromatic carbocycles. The Morgan fingerprint density at radius 2 is 1.67 bits per heavy atom. The van der Waals surface area contributed by atoms with Crippen molar-refractivity contribution in [2.75, 3.05) is 20.3 Å². The minimum atomic E-state index is -0.533. The van der Waals surface area contributed by atoms with Gasteiger partial charge in [-0.3, -0.25) is 0 Å². The Morgan fingerprint density at radius 1 is 0.952 bits per heavy atom. The summed E-state index contributed by atoms with van der Waals surface area (Å²) in [6, 6.07) is 15.0. The van der Waals surface area contributed by atoms with Gasteiger partial charge in [0.05, 0.1) is 13.2 Å². The Kier molecular flexibility index (Phi) is 5.46. The van der Waals surface area contributed by atoms with E-state index in [9.17, 15) is 5.11 Å². The molecule has 0 heterocycles. The topological polar surface area (TPSA) is 47.9 Å². The zero-order valence-corrected chi connectivity index (χ0v) is 12.3. The number of hydrogen-bond donors (Lipinski definition) is 1. The number of rotatable bonds is 7. The third kappa shape index (κ3) is 4.39. The SMILES string of the molecule is COc1cc([C@@H](C)O)ccc1OCCOc1ccccc1. The number of ether oxygens (including phenoxy) is 3. The molecule has 2 rings (SSSR count). The van der Waals surface area contributed by atoms with Gasteiger partial charge in [0.15, 0.2) is 11.5 Å². The lowest BCUT2D eigenvalue weighted by Crippen LogP contribution is -2.09. The molecule has 1 atom stereocenters. The van der Waals surface area contributed by atoms with Crippen LogP contribution in [-0.2, 0) is 0 Å². The van der Waals surface area contributed by atoms with Crippen molar-refractivity contribution >= 4 is 0 Å². The highest BCUT2D eigenvalue weighted by Crippen LogP contribution is 2.30. The molecule has 0 radical (unpaired) electrons. The van der Waals surface area contributed by atoms with E-state index in [1.807, 2.05) is 36.4 Å². The van der Waals surface area contributed by atoms with Crippen molar-refractivity contribution in [1.29, 1.82) is 0 Å². The average Bonchev–Trinajstić information content (AvgIpc) is 2.52. The minimum Gasteiger partial charge on any atom is -0.493 e. The Balaban J connectivity index is 1.88. The lowest BCUT2D eigenvalue weighted by Gasteiger charge is -2.13. The summed E-state index contributed by atoms with van der Waals surface area (Å²) in [5, 5.41) is 9.56. The molecule has 4 heteroatoms. The molecule has 0 saturated heterocycles. The van der Waals surface area contributed by atoms with Crippen LogP contribution in [0.15, 0.2) is 48.5 Å². The molecule has 0 aliphatic heterocycles. The molecule has 4 nitrogen and oxygen atoms in total. The number of aliphatic hydroxyl groups is 1. The van der Waals surface area contributed by atoms with Gasteiger partial charge in [0.25, 0.3) is 0 Å². The summed E-state index contributed by atoms with van der Waals surface area (Å²) in [5.74, 6) is 2.06. The third-order valence-corrected chi connectivity index (χ3v) is 3.02. The van der Waals surface area contributed by atoms with E-state index in [4.69, 9.17) is 14.2 Å². The lowest BCUT2D eigenvalue weighted by atomic mass is 10.1. The van der Waals surface area contributed by atoms with E-state index in [0.29, 0.717) is 24.7 Å². The molecule has 0 fully saturated rings. The van der Waals surface area contributed by atoms with Crippen molar-refractivity contribution in [1.82, 2.24) is 0 Å². The Labute approximate surface area is 124 Å². The summed E-state index contributed by atoms with van der Waals surface area (Å²) in [6.45, 7) is 2.58. The van der Waals surface area contributed by atoms with Crippen LogP contribution < -0.4 is 14.2 Å². The van der Waals surface area contributed by atoms with Gasteiger partial charge >= 0.3 is 0 Å². The van der Waals surface area contributed by atoms with Crippen molar-refractivity contribution in [2.45, 2.75) is 13.0 Å². The largest absolute Gasteiger partial charge is 0.493 e. The average molecular weight is 288 g/mol. The fourth-order valence-corrected chi connectivity index (χ4v) is 1.89. The van der Waals surface area contributed by atoms with E-state index in [2.05, 4.69) is 0 Å². The molecule has 0 bridgehead atoms. The van der Waals surface area contributed by atoms with Crippen LogP contribution >= 0.6 is 0 Å². The van der Waals surface area contributed by atoms with E-state index in [1.165, 1.54) is 0 Å². The van der Waals surface area contributed by atoms with Crippen molar-refractivity contribution < 1.29 is 19.3 Å². The number of methoxy groups -OCH3 is 1. The molecule has 0 aromatic heterocycles. The Hall–Kier alpha value is -2.20. The molecule has 2 aromatic rings. The summed E-state index contributed by atoms with van der Waals surface area (Å²) in [7, 11) is 1.58. The molecule has 0 aliphatic rings. The van der Waals surface area contributed by atoms with Gasteiger partial charge in [-0.2, -0.15) is 0 Å². The van der Waals surface area contributed by atoms with E-state index < -0.39 is 6.10 Å². The van der Waals surface area contributed by atoms with Gasteiger partial charge in [0, 0.05) is 0 Å². The molecule has 0 unspecified atom stereocenters. The summed E-state index contributed by atoms with van der Waals surface area (Å²) in [5.41, 5.74) is 0.791. The van der Waals surface area contributed by atoms with Gasteiger partial charge in [-0.1, -0.05) is 24.3 Å². The Morgan fingerprint density at radius 3 is 2.33 bits per heavy atom. The molecule has 0 amide bonds. The van der Waals surface area contributed by atoms with Crippen LogP contribution in [0.1, 0.15) is 18.6 Å². The fraction of sp³-hybridized carbons (Fsp3) is 0.294. The zero-order chi connectivity index (χ0) is 15.1. The lowest BCUT2D eigenvalue weighted by molar-refractivity contribution is 0.197. The summed E-state index contributed by atoms with van der Waals surface area (Å²) in [4.78, 5) is 0. The molecule has 1 N–H and O–H groups in total. The van der Waals surface area contributed by atoms with Gasteiger partial charge in [-0.25, -0.2) is 0 Å². The van der Waals surface area contributed by atoms with E-state index in [1.54, 1.807) is 26.2 Å². The summed E-state index contributed by atoms with van der Waals surface area (Å²) >= 11 is 0. The second kappa shape index (κ2) is 7.55. The molecule has 21 heavy (non-hydrogen) atoms. The van der Waals surface area contributed by atoms with Crippen LogP contribution in [0.2, 0.25) is 0 Å². The van der Waals surface area contributed by atoms with Crippen molar-refractivity contribution in [2.24, 2.45) is 0 Å². The summed E-state index contributed by atoms with van der Waals surface area (Å²) in [6.07, 6.45) is -0.533. The first-order valence-electron chi connectivity index (χ1n) is 6.87. The highest BCUT2D eigenvalue weighted by Gasteiger charge is 2.08. The molecule has 0 saturated carbocycles. The maximum absolute atomic E-state index is 9.56. The number of para-hydroxylation sites is 1. The number of aliphatic hydroxyl groups excluding tert-OH is 1. The van der Waals surface area contributed by atoms with Gasteiger partial charge in [0.2, 0.25) is 0 Å². The van der Waals surface area contributed by atoms with Crippen LogP contribution in [0.25, 0.3) is 0 Å². The monoisotopic (exact) mass is 288 g/mol. The molecule has 0 spiro atoms. The molecular formula is C17H20O4. The number of hydrogen-bond acceptors (Lipinski definition) is 4. The minimum absolute atomic E-state index is 0.416. The maximum atomic E-state index is 9.56. The standard InChI is InChI=1S/C17H20O4/c1-13(18)14-8-9-16(17(12-14)19-2)21-11-10-20-15-6-4-3-5-7-15/h3-9,12-13,18H,10-11H2,1-2H3/t13-/m1/s1. The second-order valence-electron chi connectivity index (χ2n) is 4.60.